The van der Waals surface area contributed by atoms with Crippen LogP contribution < -0.4 is 14.8 Å². The van der Waals surface area contributed by atoms with Crippen LogP contribution in [0.25, 0.3) is 0 Å². The molecule has 1 unspecified atom stereocenters. The smallest absolute Gasteiger partial charge is 0.345 e. The van der Waals surface area contributed by atoms with E-state index in [0.29, 0.717) is 30.3 Å². The quantitative estimate of drug-likeness (QED) is 0.408. The van der Waals surface area contributed by atoms with Gasteiger partial charge in [-0.3, -0.25) is 14.9 Å². The van der Waals surface area contributed by atoms with Crippen LogP contribution in [0.15, 0.2) is 36.4 Å². The Balaban J connectivity index is 1.67. The van der Waals surface area contributed by atoms with E-state index in [0.717, 1.165) is 5.56 Å². The summed E-state index contributed by atoms with van der Waals surface area (Å²) in [7, 11) is 0. The molecule has 1 aliphatic heterocycles. The summed E-state index contributed by atoms with van der Waals surface area (Å²) >= 11 is 0. The van der Waals surface area contributed by atoms with Gasteiger partial charge in [0.25, 0.3) is 11.6 Å². The number of hydrogen-bond acceptors (Lipinski definition) is 7. The zero-order valence-electron chi connectivity index (χ0n) is 17.5. The Morgan fingerprint density at radius 1 is 1.16 bits per heavy atom. The summed E-state index contributed by atoms with van der Waals surface area (Å²) in [6.07, 6.45) is 0. The molecule has 1 heterocycles. The minimum atomic E-state index is -0.925. The number of para-hydroxylation sites is 1. The molecule has 0 aromatic heterocycles. The van der Waals surface area contributed by atoms with Crippen LogP contribution in [0.1, 0.15) is 41.4 Å². The van der Waals surface area contributed by atoms with Gasteiger partial charge in [0.05, 0.1) is 11.0 Å². The highest BCUT2D eigenvalue weighted by Gasteiger charge is 2.25. The lowest BCUT2D eigenvalue weighted by Crippen LogP contribution is -2.35. The zero-order chi connectivity index (χ0) is 22.5. The lowest BCUT2D eigenvalue weighted by atomic mass is 9.95. The van der Waals surface area contributed by atoms with Crippen molar-refractivity contribution >= 4 is 17.6 Å². The van der Waals surface area contributed by atoms with Crippen molar-refractivity contribution in [1.82, 2.24) is 5.32 Å². The first kappa shape index (κ1) is 22.1. The third-order valence-corrected chi connectivity index (χ3v) is 4.88. The number of nitro groups is 1. The number of hydrogen-bond donors (Lipinski definition) is 1. The van der Waals surface area contributed by atoms with E-state index in [1.165, 1.54) is 25.1 Å². The Hall–Kier alpha value is -3.62. The number of carbonyl (C=O) groups is 2. The Kier molecular flexibility index (Phi) is 6.74. The van der Waals surface area contributed by atoms with Gasteiger partial charge in [0, 0.05) is 5.56 Å². The van der Waals surface area contributed by atoms with Gasteiger partial charge in [-0.25, -0.2) is 4.79 Å². The average Bonchev–Trinajstić information content (AvgIpc) is 2.74. The van der Waals surface area contributed by atoms with Gasteiger partial charge < -0.3 is 19.5 Å². The fourth-order valence-electron chi connectivity index (χ4n) is 3.38. The molecule has 1 N–H and O–H groups in total. The predicted molar refractivity (Wildman–Crippen MR) is 111 cm³/mol. The van der Waals surface area contributed by atoms with Crippen molar-refractivity contribution in [3.05, 3.63) is 63.2 Å². The van der Waals surface area contributed by atoms with Gasteiger partial charge in [0.1, 0.15) is 18.8 Å². The molecule has 1 atom stereocenters. The molecule has 0 saturated heterocycles. The van der Waals surface area contributed by atoms with Crippen molar-refractivity contribution in [2.24, 2.45) is 5.92 Å². The molecule has 0 bridgehead atoms. The standard InChI is InChI=1S/C22H24N2O7/c1-13(2)20(15-7-8-17-18(11-15)30-10-9-29-17)23-19(25)12-31-22(26)16-6-4-5-14(3)21(16)24(27)28/h4-8,11,13,20H,9-10,12H2,1-3H3,(H,23,25). The van der Waals surface area contributed by atoms with Crippen molar-refractivity contribution in [3.8, 4) is 11.5 Å². The fraction of sp³-hybridized carbons (Fsp3) is 0.364. The number of carbonyl (C=O) groups excluding carboxylic acids is 2. The molecule has 1 amide bonds. The number of nitro benzene ring substituents is 1. The maximum absolute atomic E-state index is 12.5. The number of rotatable bonds is 7. The lowest BCUT2D eigenvalue weighted by Gasteiger charge is -2.25. The van der Waals surface area contributed by atoms with Gasteiger partial charge in [0.15, 0.2) is 18.1 Å². The number of aryl methyl sites for hydroxylation is 1. The molecule has 0 aliphatic carbocycles. The third kappa shape index (κ3) is 5.11. The predicted octanol–water partition coefficient (Wildman–Crippen LogP) is 3.34. The summed E-state index contributed by atoms with van der Waals surface area (Å²) in [4.78, 5) is 35.4. The Bertz CT molecular complexity index is 1000. The third-order valence-electron chi connectivity index (χ3n) is 4.88. The molecule has 3 rings (SSSR count). The molecule has 1 aliphatic rings. The van der Waals surface area contributed by atoms with Crippen molar-refractivity contribution in [3.63, 3.8) is 0 Å². The molecule has 9 nitrogen and oxygen atoms in total. The van der Waals surface area contributed by atoms with Crippen LogP contribution in [0, 0.1) is 23.0 Å². The average molecular weight is 428 g/mol. The van der Waals surface area contributed by atoms with E-state index < -0.39 is 23.4 Å². The van der Waals surface area contributed by atoms with Crippen LogP contribution in [0.4, 0.5) is 5.69 Å². The van der Waals surface area contributed by atoms with Crippen molar-refractivity contribution in [2.45, 2.75) is 26.8 Å². The van der Waals surface area contributed by atoms with Gasteiger partial charge in [-0.05, 0) is 36.6 Å². The van der Waals surface area contributed by atoms with E-state index in [4.69, 9.17) is 14.2 Å². The first-order valence-corrected chi connectivity index (χ1v) is 9.88. The van der Waals surface area contributed by atoms with Gasteiger partial charge in [0.2, 0.25) is 0 Å². The van der Waals surface area contributed by atoms with E-state index >= 15 is 0 Å². The molecular formula is C22H24N2O7. The number of benzene rings is 2. The van der Waals surface area contributed by atoms with Crippen LogP contribution in [-0.4, -0.2) is 36.6 Å². The second-order valence-electron chi connectivity index (χ2n) is 7.50. The Labute approximate surface area is 179 Å². The summed E-state index contributed by atoms with van der Waals surface area (Å²) in [6, 6.07) is 9.47. The molecule has 0 spiro atoms. The van der Waals surface area contributed by atoms with E-state index in [2.05, 4.69) is 5.32 Å². The van der Waals surface area contributed by atoms with E-state index in [9.17, 15) is 19.7 Å². The minimum Gasteiger partial charge on any atom is -0.486 e. The first-order chi connectivity index (χ1) is 14.8. The highest BCUT2D eigenvalue weighted by Crippen LogP contribution is 2.34. The monoisotopic (exact) mass is 428 g/mol. The summed E-state index contributed by atoms with van der Waals surface area (Å²) in [6.45, 7) is 5.81. The van der Waals surface area contributed by atoms with Gasteiger partial charge in [-0.15, -0.1) is 0 Å². The fourth-order valence-corrected chi connectivity index (χ4v) is 3.38. The van der Waals surface area contributed by atoms with Crippen LogP contribution in [0.5, 0.6) is 11.5 Å². The second-order valence-corrected chi connectivity index (χ2v) is 7.50. The van der Waals surface area contributed by atoms with E-state index in [1.807, 2.05) is 26.0 Å². The van der Waals surface area contributed by atoms with Crippen molar-refractivity contribution in [2.75, 3.05) is 19.8 Å². The number of ether oxygens (including phenoxy) is 3. The Morgan fingerprint density at radius 3 is 2.55 bits per heavy atom. The summed E-state index contributed by atoms with van der Waals surface area (Å²) in [5.74, 6) is -0.136. The SMILES string of the molecule is Cc1cccc(C(=O)OCC(=O)NC(c2ccc3c(c2)OCCO3)C(C)C)c1[N+](=O)[O-]. The number of nitrogens with zero attached hydrogens (tertiary/aromatic N) is 1. The normalized spacial score (nSPS) is 13.4. The molecule has 31 heavy (non-hydrogen) atoms. The van der Waals surface area contributed by atoms with Crippen molar-refractivity contribution in [1.29, 1.82) is 0 Å². The lowest BCUT2D eigenvalue weighted by molar-refractivity contribution is -0.385. The van der Waals surface area contributed by atoms with Crippen LogP contribution in [-0.2, 0) is 9.53 Å². The number of esters is 1. The number of amides is 1. The Morgan fingerprint density at radius 2 is 1.87 bits per heavy atom. The summed E-state index contributed by atoms with van der Waals surface area (Å²) < 4.78 is 16.2. The molecule has 164 valence electrons. The maximum atomic E-state index is 12.5. The minimum absolute atomic E-state index is 0.0417. The first-order valence-electron chi connectivity index (χ1n) is 9.88. The van der Waals surface area contributed by atoms with Crippen LogP contribution >= 0.6 is 0 Å². The van der Waals surface area contributed by atoms with E-state index in [1.54, 1.807) is 6.07 Å². The highest BCUT2D eigenvalue weighted by atomic mass is 16.6. The number of fused-ring (bicyclic) bond motifs is 1. The van der Waals surface area contributed by atoms with Gasteiger partial charge in [-0.2, -0.15) is 0 Å². The number of nitrogens with one attached hydrogen (secondary N) is 1. The second kappa shape index (κ2) is 9.46. The molecular weight excluding hydrogens is 404 g/mol. The van der Waals surface area contributed by atoms with Crippen LogP contribution in [0.2, 0.25) is 0 Å². The molecule has 0 saturated carbocycles. The zero-order valence-corrected chi connectivity index (χ0v) is 17.5. The molecule has 0 radical (unpaired) electrons. The molecule has 0 fully saturated rings. The maximum Gasteiger partial charge on any atom is 0.345 e. The summed E-state index contributed by atoms with van der Waals surface area (Å²) in [5, 5.41) is 14.1. The summed E-state index contributed by atoms with van der Waals surface area (Å²) in [5.41, 5.74) is 0.643. The van der Waals surface area contributed by atoms with Gasteiger partial charge in [-0.1, -0.05) is 32.0 Å². The van der Waals surface area contributed by atoms with Crippen LogP contribution in [0.3, 0.4) is 0 Å². The van der Waals surface area contributed by atoms with E-state index in [-0.39, 0.29) is 23.2 Å². The van der Waals surface area contributed by atoms with Gasteiger partial charge >= 0.3 is 5.97 Å². The molecule has 2 aromatic carbocycles. The molecule has 9 heteroatoms. The topological polar surface area (TPSA) is 117 Å². The van der Waals surface area contributed by atoms with Crippen molar-refractivity contribution < 1.29 is 28.7 Å². The molecule has 2 aromatic rings. The highest BCUT2D eigenvalue weighted by molar-refractivity contribution is 5.95. The largest absolute Gasteiger partial charge is 0.486 e.